The summed E-state index contributed by atoms with van der Waals surface area (Å²) in [6.45, 7) is 0. The van der Waals surface area contributed by atoms with Crippen molar-refractivity contribution in [3.63, 3.8) is 0 Å². The van der Waals surface area contributed by atoms with Crippen LogP contribution in [0.4, 0.5) is 0 Å². The molecule has 0 spiro atoms. The van der Waals surface area contributed by atoms with Crippen molar-refractivity contribution in [2.75, 3.05) is 0 Å². The van der Waals surface area contributed by atoms with E-state index in [1.807, 2.05) is 6.07 Å². The quantitative estimate of drug-likeness (QED) is 0.541. The highest BCUT2D eigenvalue weighted by atomic mass is 79.9. The summed E-state index contributed by atoms with van der Waals surface area (Å²) in [5.41, 5.74) is 2.49. The Morgan fingerprint density at radius 2 is 1.05 bits per heavy atom. The number of benzene rings is 3. The summed E-state index contributed by atoms with van der Waals surface area (Å²) in [4.78, 5) is 2.53. The van der Waals surface area contributed by atoms with Crippen LogP contribution in [0.5, 0.6) is 0 Å². The fourth-order valence-corrected chi connectivity index (χ4v) is 3.08. The van der Waals surface area contributed by atoms with Gasteiger partial charge in [0.05, 0.1) is 0 Å². The molecule has 0 fully saturated rings. The molecule has 0 saturated carbocycles. The second-order valence-electron chi connectivity index (χ2n) is 4.45. The monoisotopic (exact) mass is 340 g/mol. The van der Waals surface area contributed by atoms with Gasteiger partial charge in [-0.05, 0) is 47.5 Å². The second kappa shape index (κ2) is 6.29. The first-order chi connectivity index (χ1) is 9.81. The summed E-state index contributed by atoms with van der Waals surface area (Å²) in [7, 11) is 0. The van der Waals surface area contributed by atoms with Crippen LogP contribution in [-0.2, 0) is 0 Å². The summed E-state index contributed by atoms with van der Waals surface area (Å²) < 4.78 is 1.11. The predicted octanol–water partition coefficient (Wildman–Crippen LogP) is 6.27. The molecule has 98 valence electrons. The highest BCUT2D eigenvalue weighted by Gasteiger charge is 2.00. The molecule has 0 bridgehead atoms. The molecular formula is C18H13BrS. The summed E-state index contributed by atoms with van der Waals surface area (Å²) in [6, 6.07) is 27.5. The van der Waals surface area contributed by atoms with Gasteiger partial charge in [0.15, 0.2) is 0 Å². The van der Waals surface area contributed by atoms with Crippen molar-refractivity contribution < 1.29 is 0 Å². The molecule has 0 saturated heterocycles. The van der Waals surface area contributed by atoms with Crippen LogP contribution in [0.3, 0.4) is 0 Å². The Kier molecular flexibility index (Phi) is 4.24. The lowest BCUT2D eigenvalue weighted by Gasteiger charge is -2.05. The van der Waals surface area contributed by atoms with Gasteiger partial charge in [0.2, 0.25) is 0 Å². The average Bonchev–Trinajstić information content (AvgIpc) is 2.50. The summed E-state index contributed by atoms with van der Waals surface area (Å²) in [6.07, 6.45) is 0. The maximum Gasteiger partial charge on any atom is 0.0175 e. The fourth-order valence-electron chi connectivity index (χ4n) is 1.98. The van der Waals surface area contributed by atoms with Gasteiger partial charge in [-0.2, -0.15) is 0 Å². The lowest BCUT2D eigenvalue weighted by molar-refractivity contribution is 1.40. The summed E-state index contributed by atoms with van der Waals surface area (Å²) >= 11 is 5.25. The molecule has 0 radical (unpaired) electrons. The van der Waals surface area contributed by atoms with Gasteiger partial charge in [-0.3, -0.25) is 0 Å². The van der Waals surface area contributed by atoms with Crippen LogP contribution in [-0.4, -0.2) is 0 Å². The molecule has 0 nitrogen and oxygen atoms in total. The molecule has 0 aliphatic heterocycles. The van der Waals surface area contributed by atoms with Crippen molar-refractivity contribution in [3.05, 3.63) is 83.3 Å². The van der Waals surface area contributed by atoms with Crippen LogP contribution in [0.25, 0.3) is 11.1 Å². The molecule has 3 aromatic carbocycles. The molecule has 0 aliphatic carbocycles. The number of hydrogen-bond donors (Lipinski definition) is 0. The third-order valence-electron chi connectivity index (χ3n) is 3.01. The van der Waals surface area contributed by atoms with Crippen LogP contribution in [0.2, 0.25) is 0 Å². The largest absolute Gasteiger partial charge is 0.0901 e. The van der Waals surface area contributed by atoms with E-state index in [0.717, 1.165) is 4.47 Å². The number of halogens is 1. The Hall–Kier alpha value is -1.51. The van der Waals surface area contributed by atoms with Gasteiger partial charge in [0.1, 0.15) is 0 Å². The minimum Gasteiger partial charge on any atom is -0.0901 e. The molecule has 20 heavy (non-hydrogen) atoms. The standard InChI is InChI=1S/C18H13BrS/c19-16-10-6-14(7-11-16)15-8-12-18(13-9-15)20-17-4-2-1-3-5-17/h1-13H. The van der Waals surface area contributed by atoms with Gasteiger partial charge in [-0.15, -0.1) is 0 Å². The lowest BCUT2D eigenvalue weighted by Crippen LogP contribution is -1.78. The van der Waals surface area contributed by atoms with Crippen molar-refractivity contribution >= 4 is 27.7 Å². The Bertz CT molecular complexity index is 673. The van der Waals surface area contributed by atoms with Crippen molar-refractivity contribution in [3.8, 4) is 11.1 Å². The van der Waals surface area contributed by atoms with Gasteiger partial charge in [0, 0.05) is 14.3 Å². The van der Waals surface area contributed by atoms with E-state index in [4.69, 9.17) is 0 Å². The molecule has 3 aromatic rings. The molecule has 0 N–H and O–H groups in total. The number of rotatable bonds is 3. The van der Waals surface area contributed by atoms with Crippen molar-refractivity contribution in [1.29, 1.82) is 0 Å². The highest BCUT2D eigenvalue weighted by Crippen LogP contribution is 2.29. The Labute approximate surface area is 132 Å². The minimum absolute atomic E-state index is 1.11. The fraction of sp³-hybridized carbons (Fsp3) is 0. The van der Waals surface area contributed by atoms with Crippen LogP contribution < -0.4 is 0 Å². The predicted molar refractivity (Wildman–Crippen MR) is 90.1 cm³/mol. The Morgan fingerprint density at radius 1 is 0.550 bits per heavy atom. The van der Waals surface area contributed by atoms with Gasteiger partial charge in [-0.1, -0.05) is 70.2 Å². The molecule has 0 amide bonds. The maximum atomic E-state index is 3.46. The smallest absolute Gasteiger partial charge is 0.0175 e. The van der Waals surface area contributed by atoms with Crippen LogP contribution >= 0.6 is 27.7 Å². The van der Waals surface area contributed by atoms with E-state index in [2.05, 4.69) is 88.7 Å². The molecule has 3 rings (SSSR count). The van der Waals surface area contributed by atoms with E-state index >= 15 is 0 Å². The second-order valence-corrected chi connectivity index (χ2v) is 6.51. The van der Waals surface area contributed by atoms with Gasteiger partial charge < -0.3 is 0 Å². The van der Waals surface area contributed by atoms with E-state index in [1.54, 1.807) is 11.8 Å². The van der Waals surface area contributed by atoms with E-state index in [-0.39, 0.29) is 0 Å². The molecule has 0 atom stereocenters. The van der Waals surface area contributed by atoms with Gasteiger partial charge >= 0.3 is 0 Å². The molecule has 2 heteroatoms. The van der Waals surface area contributed by atoms with E-state index in [1.165, 1.54) is 20.9 Å². The van der Waals surface area contributed by atoms with Crippen LogP contribution in [0, 0.1) is 0 Å². The molecular weight excluding hydrogens is 328 g/mol. The van der Waals surface area contributed by atoms with Crippen molar-refractivity contribution in [2.45, 2.75) is 9.79 Å². The zero-order valence-corrected chi connectivity index (χ0v) is 13.2. The normalized spacial score (nSPS) is 10.4. The lowest BCUT2D eigenvalue weighted by atomic mass is 10.1. The SMILES string of the molecule is Brc1ccc(-c2ccc(Sc3ccccc3)cc2)cc1. The third kappa shape index (κ3) is 3.33. The Morgan fingerprint density at radius 3 is 1.65 bits per heavy atom. The van der Waals surface area contributed by atoms with E-state index in [9.17, 15) is 0 Å². The average molecular weight is 341 g/mol. The van der Waals surface area contributed by atoms with Crippen LogP contribution in [0.15, 0.2) is 93.1 Å². The van der Waals surface area contributed by atoms with Gasteiger partial charge in [0.25, 0.3) is 0 Å². The molecule has 0 aliphatic rings. The van der Waals surface area contributed by atoms with Crippen LogP contribution in [0.1, 0.15) is 0 Å². The highest BCUT2D eigenvalue weighted by molar-refractivity contribution is 9.10. The first-order valence-corrected chi connectivity index (χ1v) is 8.01. The molecule has 0 unspecified atom stereocenters. The first-order valence-electron chi connectivity index (χ1n) is 6.40. The first kappa shape index (κ1) is 13.5. The van der Waals surface area contributed by atoms with Crippen molar-refractivity contribution in [1.82, 2.24) is 0 Å². The van der Waals surface area contributed by atoms with E-state index < -0.39 is 0 Å². The Balaban J connectivity index is 1.79. The minimum atomic E-state index is 1.11. The zero-order valence-electron chi connectivity index (χ0n) is 10.8. The molecule has 0 heterocycles. The maximum absolute atomic E-state index is 3.46. The summed E-state index contributed by atoms with van der Waals surface area (Å²) in [5, 5.41) is 0. The third-order valence-corrected chi connectivity index (χ3v) is 4.56. The number of hydrogen-bond acceptors (Lipinski definition) is 1. The van der Waals surface area contributed by atoms with Gasteiger partial charge in [-0.25, -0.2) is 0 Å². The zero-order chi connectivity index (χ0) is 13.8. The summed E-state index contributed by atoms with van der Waals surface area (Å²) in [5.74, 6) is 0. The van der Waals surface area contributed by atoms with E-state index in [0.29, 0.717) is 0 Å². The topological polar surface area (TPSA) is 0 Å². The molecule has 0 aromatic heterocycles. The van der Waals surface area contributed by atoms with Crippen molar-refractivity contribution in [2.24, 2.45) is 0 Å².